The van der Waals surface area contributed by atoms with Crippen LogP contribution in [0.1, 0.15) is 18.4 Å². The van der Waals surface area contributed by atoms with Gasteiger partial charge in [-0.25, -0.2) is 4.79 Å². The van der Waals surface area contributed by atoms with E-state index < -0.39 is 0 Å². The van der Waals surface area contributed by atoms with Crippen LogP contribution in [0, 0.1) is 5.92 Å². The molecule has 2 amide bonds. The molecule has 0 aliphatic heterocycles. The maximum atomic E-state index is 11.5. The average Bonchev–Trinajstić information content (AvgIpc) is 3.23. The number of hydrogen-bond donors (Lipinski definition) is 2. The quantitative estimate of drug-likeness (QED) is 0.825. The standard InChI is InChI=1S/C15H20N2O2/c1-19-14-4-2-3-13(11-14)8-10-17-15(18)16-9-7-12-5-6-12/h2-4,7,9,11-12H,5-6,8,10H2,1H3,(H2,16,17,18)/b9-7+. The summed E-state index contributed by atoms with van der Waals surface area (Å²) in [5, 5.41) is 5.53. The number of benzene rings is 1. The summed E-state index contributed by atoms with van der Waals surface area (Å²) in [6, 6.07) is 7.71. The first-order valence-electron chi connectivity index (χ1n) is 6.62. The number of ether oxygens (including phenoxy) is 1. The van der Waals surface area contributed by atoms with E-state index in [0.717, 1.165) is 17.7 Å². The first kappa shape index (κ1) is 13.5. The lowest BCUT2D eigenvalue weighted by Gasteiger charge is -2.06. The minimum Gasteiger partial charge on any atom is -0.497 e. The van der Waals surface area contributed by atoms with Gasteiger partial charge in [-0.3, -0.25) is 0 Å². The fraction of sp³-hybridized carbons (Fsp3) is 0.400. The van der Waals surface area contributed by atoms with Crippen molar-refractivity contribution >= 4 is 6.03 Å². The highest BCUT2D eigenvalue weighted by atomic mass is 16.5. The van der Waals surface area contributed by atoms with Gasteiger partial charge >= 0.3 is 6.03 Å². The normalized spacial score (nSPS) is 14.4. The van der Waals surface area contributed by atoms with Crippen LogP contribution in [-0.4, -0.2) is 19.7 Å². The highest BCUT2D eigenvalue weighted by Crippen LogP contribution is 2.29. The Morgan fingerprint density at radius 3 is 3.05 bits per heavy atom. The largest absolute Gasteiger partial charge is 0.497 e. The van der Waals surface area contributed by atoms with E-state index in [1.54, 1.807) is 13.3 Å². The van der Waals surface area contributed by atoms with Crippen molar-refractivity contribution < 1.29 is 9.53 Å². The minimum absolute atomic E-state index is 0.153. The van der Waals surface area contributed by atoms with Gasteiger partial charge in [-0.05, 0) is 42.9 Å². The van der Waals surface area contributed by atoms with Crippen LogP contribution in [0.25, 0.3) is 0 Å². The van der Waals surface area contributed by atoms with Gasteiger partial charge in [0.15, 0.2) is 0 Å². The Kier molecular flexibility index (Phi) is 4.84. The number of methoxy groups -OCH3 is 1. The van der Waals surface area contributed by atoms with E-state index in [-0.39, 0.29) is 6.03 Å². The molecule has 1 fully saturated rings. The summed E-state index contributed by atoms with van der Waals surface area (Å²) in [7, 11) is 1.65. The lowest BCUT2D eigenvalue weighted by Crippen LogP contribution is -2.33. The zero-order valence-corrected chi connectivity index (χ0v) is 11.2. The molecular formula is C15H20N2O2. The van der Waals surface area contributed by atoms with Gasteiger partial charge in [-0.1, -0.05) is 18.2 Å². The van der Waals surface area contributed by atoms with Crippen LogP contribution < -0.4 is 15.4 Å². The van der Waals surface area contributed by atoms with Gasteiger partial charge in [0, 0.05) is 12.7 Å². The van der Waals surface area contributed by atoms with E-state index >= 15 is 0 Å². The number of nitrogens with one attached hydrogen (secondary N) is 2. The third-order valence-electron chi connectivity index (χ3n) is 3.04. The Bertz CT molecular complexity index is 453. The molecule has 0 atom stereocenters. The summed E-state index contributed by atoms with van der Waals surface area (Å²) in [6.45, 7) is 0.607. The molecule has 0 radical (unpaired) electrons. The van der Waals surface area contributed by atoms with Crippen LogP contribution in [0.15, 0.2) is 36.5 Å². The van der Waals surface area contributed by atoms with Gasteiger partial charge < -0.3 is 15.4 Å². The van der Waals surface area contributed by atoms with Crippen molar-refractivity contribution in [3.05, 3.63) is 42.1 Å². The topological polar surface area (TPSA) is 50.4 Å². The first-order chi connectivity index (χ1) is 9.28. The number of allylic oxidation sites excluding steroid dienone is 1. The summed E-state index contributed by atoms with van der Waals surface area (Å²) in [5.41, 5.74) is 1.15. The summed E-state index contributed by atoms with van der Waals surface area (Å²) >= 11 is 0. The number of urea groups is 1. The molecule has 1 aliphatic rings. The van der Waals surface area contributed by atoms with E-state index in [9.17, 15) is 4.79 Å². The highest BCUT2D eigenvalue weighted by molar-refractivity contribution is 5.74. The van der Waals surface area contributed by atoms with Crippen LogP contribution in [0.5, 0.6) is 5.75 Å². The van der Waals surface area contributed by atoms with E-state index in [1.807, 2.05) is 30.3 Å². The van der Waals surface area contributed by atoms with Crippen LogP contribution in [0.3, 0.4) is 0 Å². The molecule has 0 aromatic heterocycles. The monoisotopic (exact) mass is 260 g/mol. The number of hydrogen-bond acceptors (Lipinski definition) is 2. The summed E-state index contributed by atoms with van der Waals surface area (Å²) in [6.07, 6.45) is 7.06. The highest BCUT2D eigenvalue weighted by Gasteiger charge is 2.16. The number of carbonyl (C=O) groups is 1. The molecule has 4 nitrogen and oxygen atoms in total. The predicted octanol–water partition coefficient (Wildman–Crippen LogP) is 2.46. The number of amides is 2. The molecule has 1 saturated carbocycles. The second kappa shape index (κ2) is 6.83. The molecule has 4 heteroatoms. The Hall–Kier alpha value is -1.97. The summed E-state index contributed by atoms with van der Waals surface area (Å²) in [5.74, 6) is 1.52. The van der Waals surface area contributed by atoms with Gasteiger partial charge in [0.05, 0.1) is 7.11 Å². The van der Waals surface area contributed by atoms with Crippen LogP contribution >= 0.6 is 0 Å². The van der Waals surface area contributed by atoms with Crippen molar-refractivity contribution in [3.8, 4) is 5.75 Å². The Morgan fingerprint density at radius 1 is 1.47 bits per heavy atom. The SMILES string of the molecule is COc1cccc(CCNC(=O)N/C=C/C2CC2)c1. The smallest absolute Gasteiger partial charge is 0.318 e. The molecule has 1 aliphatic carbocycles. The Morgan fingerprint density at radius 2 is 2.32 bits per heavy atom. The number of carbonyl (C=O) groups excluding carboxylic acids is 1. The molecule has 2 N–H and O–H groups in total. The van der Waals surface area contributed by atoms with Crippen molar-refractivity contribution in [2.75, 3.05) is 13.7 Å². The van der Waals surface area contributed by atoms with Crippen LogP contribution in [-0.2, 0) is 6.42 Å². The molecule has 102 valence electrons. The Labute approximate surface area is 113 Å². The van der Waals surface area contributed by atoms with Crippen molar-refractivity contribution in [2.45, 2.75) is 19.3 Å². The van der Waals surface area contributed by atoms with Gasteiger partial charge in [0.25, 0.3) is 0 Å². The van der Waals surface area contributed by atoms with E-state index in [1.165, 1.54) is 12.8 Å². The minimum atomic E-state index is -0.153. The van der Waals surface area contributed by atoms with Crippen LogP contribution in [0.2, 0.25) is 0 Å². The molecule has 1 aromatic carbocycles. The molecule has 2 rings (SSSR count). The molecule has 0 saturated heterocycles. The zero-order valence-electron chi connectivity index (χ0n) is 11.2. The third kappa shape index (κ3) is 5.04. The van der Waals surface area contributed by atoms with Gasteiger partial charge in [0.2, 0.25) is 0 Å². The van der Waals surface area contributed by atoms with E-state index in [0.29, 0.717) is 12.5 Å². The first-order valence-corrected chi connectivity index (χ1v) is 6.62. The second-order valence-corrected chi connectivity index (χ2v) is 4.70. The molecule has 19 heavy (non-hydrogen) atoms. The number of rotatable bonds is 6. The maximum Gasteiger partial charge on any atom is 0.318 e. The molecule has 0 unspecified atom stereocenters. The zero-order chi connectivity index (χ0) is 13.5. The van der Waals surface area contributed by atoms with Crippen molar-refractivity contribution in [1.29, 1.82) is 0 Å². The average molecular weight is 260 g/mol. The molecule has 0 spiro atoms. The van der Waals surface area contributed by atoms with E-state index in [2.05, 4.69) is 10.6 Å². The fourth-order valence-corrected chi connectivity index (χ4v) is 1.75. The van der Waals surface area contributed by atoms with Gasteiger partial charge in [0.1, 0.15) is 5.75 Å². The predicted molar refractivity (Wildman–Crippen MR) is 75.1 cm³/mol. The molecule has 0 heterocycles. The lowest BCUT2D eigenvalue weighted by molar-refractivity contribution is 0.244. The summed E-state index contributed by atoms with van der Waals surface area (Å²) < 4.78 is 5.15. The van der Waals surface area contributed by atoms with Crippen LogP contribution in [0.4, 0.5) is 4.79 Å². The molecule has 1 aromatic rings. The lowest BCUT2D eigenvalue weighted by atomic mass is 10.1. The maximum absolute atomic E-state index is 11.5. The van der Waals surface area contributed by atoms with Gasteiger partial charge in [-0.2, -0.15) is 0 Å². The molecule has 0 bridgehead atoms. The fourth-order valence-electron chi connectivity index (χ4n) is 1.75. The molecular weight excluding hydrogens is 240 g/mol. The van der Waals surface area contributed by atoms with E-state index in [4.69, 9.17) is 4.74 Å². The van der Waals surface area contributed by atoms with Gasteiger partial charge in [-0.15, -0.1) is 0 Å². The van der Waals surface area contributed by atoms with Crippen molar-refractivity contribution in [2.24, 2.45) is 5.92 Å². The van der Waals surface area contributed by atoms with Crippen molar-refractivity contribution in [3.63, 3.8) is 0 Å². The third-order valence-corrected chi connectivity index (χ3v) is 3.04. The second-order valence-electron chi connectivity index (χ2n) is 4.70. The van der Waals surface area contributed by atoms with Crippen molar-refractivity contribution in [1.82, 2.24) is 10.6 Å². The Balaban J connectivity index is 1.65. The summed E-state index contributed by atoms with van der Waals surface area (Å²) in [4.78, 5) is 11.5.